The second-order valence-corrected chi connectivity index (χ2v) is 9.71. The summed E-state index contributed by atoms with van der Waals surface area (Å²) in [5.41, 5.74) is 1.83. The highest BCUT2D eigenvalue weighted by Crippen LogP contribution is 2.33. The zero-order chi connectivity index (χ0) is 22.8. The van der Waals surface area contributed by atoms with Crippen LogP contribution in [0.2, 0.25) is 0 Å². The topological polar surface area (TPSA) is 88.3 Å². The van der Waals surface area contributed by atoms with Gasteiger partial charge in [0.2, 0.25) is 11.6 Å². The molecular formula is C24H28N4O3S. The lowest BCUT2D eigenvalue weighted by molar-refractivity contribution is -0.131. The maximum Gasteiger partial charge on any atom is 0.256 e. The Labute approximate surface area is 192 Å². The number of aryl methyl sites for hydroxylation is 2. The van der Waals surface area contributed by atoms with E-state index >= 15 is 0 Å². The standard InChI is InChI=1S/C24H28N4O3S/c1-14-10-12-28(13-11-14)23(30)17(4)32-24-26-20(19-15(2)16(3)31-22(19)27-24)25-21(29)18-8-6-5-7-9-18/h5-9,14,17H,10-13H2,1-4H3,(H,25,26,27,29). The summed E-state index contributed by atoms with van der Waals surface area (Å²) in [5, 5.41) is 3.65. The summed E-state index contributed by atoms with van der Waals surface area (Å²) in [4.78, 5) is 36.8. The summed E-state index contributed by atoms with van der Waals surface area (Å²) in [6, 6.07) is 8.98. The van der Waals surface area contributed by atoms with E-state index in [4.69, 9.17) is 4.42 Å². The fourth-order valence-electron chi connectivity index (χ4n) is 3.84. The van der Waals surface area contributed by atoms with Gasteiger partial charge in [-0.15, -0.1) is 0 Å². The molecule has 1 aliphatic rings. The number of nitrogens with one attached hydrogen (secondary N) is 1. The van der Waals surface area contributed by atoms with E-state index < -0.39 is 0 Å². The van der Waals surface area contributed by atoms with Crippen molar-refractivity contribution in [1.82, 2.24) is 14.9 Å². The number of carbonyl (C=O) groups is 2. The number of hydrogen-bond donors (Lipinski definition) is 1. The molecule has 1 fully saturated rings. The van der Waals surface area contributed by atoms with Crippen molar-refractivity contribution in [2.24, 2.45) is 5.92 Å². The number of nitrogens with zero attached hydrogens (tertiary/aromatic N) is 3. The van der Waals surface area contributed by atoms with Gasteiger partial charge < -0.3 is 14.6 Å². The van der Waals surface area contributed by atoms with Crippen LogP contribution in [0, 0.1) is 19.8 Å². The fraction of sp³-hybridized carbons (Fsp3) is 0.417. The van der Waals surface area contributed by atoms with Crippen LogP contribution >= 0.6 is 11.8 Å². The molecule has 1 atom stereocenters. The van der Waals surface area contributed by atoms with Gasteiger partial charge in [0.05, 0.1) is 10.6 Å². The lowest BCUT2D eigenvalue weighted by Crippen LogP contribution is -2.41. The molecule has 1 unspecified atom stereocenters. The first kappa shape index (κ1) is 22.3. The zero-order valence-electron chi connectivity index (χ0n) is 18.8. The second kappa shape index (κ2) is 9.32. The van der Waals surface area contributed by atoms with E-state index in [0.717, 1.165) is 37.3 Å². The maximum atomic E-state index is 12.9. The van der Waals surface area contributed by atoms with Crippen molar-refractivity contribution in [3.8, 4) is 0 Å². The summed E-state index contributed by atoms with van der Waals surface area (Å²) < 4.78 is 5.83. The molecule has 8 heteroatoms. The lowest BCUT2D eigenvalue weighted by Gasteiger charge is -2.31. The van der Waals surface area contributed by atoms with Crippen molar-refractivity contribution in [3.63, 3.8) is 0 Å². The maximum absolute atomic E-state index is 12.9. The molecule has 0 bridgehead atoms. The smallest absolute Gasteiger partial charge is 0.256 e. The van der Waals surface area contributed by atoms with E-state index in [0.29, 0.717) is 33.6 Å². The van der Waals surface area contributed by atoms with Crippen LogP contribution in [0.15, 0.2) is 39.9 Å². The SMILES string of the molecule is Cc1oc2nc(SC(C)C(=O)N3CCC(C)CC3)nc(NC(=O)c3ccccc3)c2c1C. The van der Waals surface area contributed by atoms with Gasteiger partial charge in [0.15, 0.2) is 5.16 Å². The van der Waals surface area contributed by atoms with E-state index in [1.807, 2.05) is 43.9 Å². The third kappa shape index (κ3) is 4.65. The molecular weight excluding hydrogens is 424 g/mol. The van der Waals surface area contributed by atoms with Crippen LogP contribution in [0.25, 0.3) is 11.1 Å². The lowest BCUT2D eigenvalue weighted by atomic mass is 9.99. The first-order valence-electron chi connectivity index (χ1n) is 10.9. The van der Waals surface area contributed by atoms with E-state index in [2.05, 4.69) is 22.2 Å². The van der Waals surface area contributed by atoms with Crippen LogP contribution in [0.5, 0.6) is 0 Å². The molecule has 3 aromatic rings. The Morgan fingerprint density at radius 1 is 1.16 bits per heavy atom. The second-order valence-electron chi connectivity index (χ2n) is 8.41. The highest BCUT2D eigenvalue weighted by Gasteiger charge is 2.27. The van der Waals surface area contributed by atoms with Crippen LogP contribution in [0.1, 0.15) is 48.4 Å². The monoisotopic (exact) mass is 452 g/mol. The van der Waals surface area contributed by atoms with Crippen molar-refractivity contribution < 1.29 is 14.0 Å². The molecule has 0 spiro atoms. The first-order chi connectivity index (χ1) is 15.3. The summed E-state index contributed by atoms with van der Waals surface area (Å²) in [5.74, 6) is 1.61. The van der Waals surface area contributed by atoms with Crippen molar-refractivity contribution in [1.29, 1.82) is 0 Å². The largest absolute Gasteiger partial charge is 0.443 e. The number of amides is 2. The summed E-state index contributed by atoms with van der Waals surface area (Å²) >= 11 is 1.29. The molecule has 0 radical (unpaired) electrons. The van der Waals surface area contributed by atoms with Gasteiger partial charge in [-0.25, -0.2) is 4.98 Å². The Kier molecular flexibility index (Phi) is 6.50. The van der Waals surface area contributed by atoms with E-state index in [-0.39, 0.29) is 17.1 Å². The van der Waals surface area contributed by atoms with Gasteiger partial charge in [0.1, 0.15) is 11.6 Å². The van der Waals surface area contributed by atoms with Crippen molar-refractivity contribution in [2.75, 3.05) is 18.4 Å². The van der Waals surface area contributed by atoms with Gasteiger partial charge in [-0.1, -0.05) is 36.9 Å². The highest BCUT2D eigenvalue weighted by molar-refractivity contribution is 8.00. The van der Waals surface area contributed by atoms with Gasteiger partial charge in [-0.2, -0.15) is 4.98 Å². The molecule has 4 rings (SSSR count). The average molecular weight is 453 g/mol. The number of anilines is 1. The quantitative estimate of drug-likeness (QED) is 0.441. The number of furan rings is 1. The third-order valence-electron chi connectivity index (χ3n) is 6.00. The summed E-state index contributed by atoms with van der Waals surface area (Å²) in [6.45, 7) is 9.45. The molecule has 1 saturated heterocycles. The summed E-state index contributed by atoms with van der Waals surface area (Å²) in [6.07, 6.45) is 2.07. The van der Waals surface area contributed by atoms with E-state index in [9.17, 15) is 9.59 Å². The minimum absolute atomic E-state index is 0.0901. The van der Waals surface area contributed by atoms with E-state index in [1.165, 1.54) is 11.8 Å². The van der Waals surface area contributed by atoms with Crippen LogP contribution in [-0.4, -0.2) is 45.0 Å². The van der Waals surface area contributed by atoms with E-state index in [1.54, 1.807) is 12.1 Å². The van der Waals surface area contributed by atoms with Crippen molar-refractivity contribution in [2.45, 2.75) is 50.9 Å². The molecule has 0 saturated carbocycles. The van der Waals surface area contributed by atoms with Gasteiger partial charge in [-0.3, -0.25) is 9.59 Å². The molecule has 0 aliphatic carbocycles. The Balaban J connectivity index is 1.59. The highest BCUT2D eigenvalue weighted by atomic mass is 32.2. The van der Waals surface area contributed by atoms with Gasteiger partial charge in [-0.05, 0) is 51.7 Å². The van der Waals surface area contributed by atoms with Crippen LogP contribution in [-0.2, 0) is 4.79 Å². The molecule has 32 heavy (non-hydrogen) atoms. The summed E-state index contributed by atoms with van der Waals surface area (Å²) in [7, 11) is 0. The van der Waals surface area contributed by atoms with Crippen LogP contribution in [0.3, 0.4) is 0 Å². The first-order valence-corrected chi connectivity index (χ1v) is 11.8. The number of carbonyl (C=O) groups excluding carboxylic acids is 2. The van der Waals surface area contributed by atoms with Crippen molar-refractivity contribution >= 4 is 40.5 Å². The molecule has 1 aromatic carbocycles. The van der Waals surface area contributed by atoms with Crippen LogP contribution < -0.4 is 5.32 Å². The number of rotatable bonds is 5. The van der Waals surface area contributed by atoms with Gasteiger partial charge in [0.25, 0.3) is 5.91 Å². The molecule has 7 nitrogen and oxygen atoms in total. The minimum Gasteiger partial charge on any atom is -0.443 e. The Morgan fingerprint density at radius 2 is 1.84 bits per heavy atom. The van der Waals surface area contributed by atoms with Gasteiger partial charge >= 0.3 is 0 Å². The molecule has 1 aliphatic heterocycles. The Hall–Kier alpha value is -2.87. The average Bonchev–Trinajstić information content (AvgIpc) is 3.07. The van der Waals surface area contributed by atoms with Gasteiger partial charge in [0, 0.05) is 24.2 Å². The Bertz CT molecular complexity index is 1140. The molecule has 2 aromatic heterocycles. The van der Waals surface area contributed by atoms with Crippen molar-refractivity contribution in [3.05, 3.63) is 47.2 Å². The number of benzene rings is 1. The minimum atomic E-state index is -0.337. The number of piperidine rings is 1. The molecule has 168 valence electrons. The molecule has 3 heterocycles. The number of thioether (sulfide) groups is 1. The predicted octanol–water partition coefficient (Wildman–Crippen LogP) is 4.83. The number of likely N-dealkylation sites (tertiary alicyclic amines) is 1. The van der Waals surface area contributed by atoms with Crippen LogP contribution in [0.4, 0.5) is 5.82 Å². The number of aromatic nitrogens is 2. The Morgan fingerprint density at radius 3 is 2.53 bits per heavy atom. The molecule has 2 amide bonds. The fourth-order valence-corrected chi connectivity index (χ4v) is 4.68. The predicted molar refractivity (Wildman–Crippen MR) is 126 cm³/mol. The zero-order valence-corrected chi connectivity index (χ0v) is 19.7. The molecule has 1 N–H and O–H groups in total. The normalized spacial score (nSPS) is 15.7. The number of hydrogen-bond acceptors (Lipinski definition) is 6. The third-order valence-corrected chi connectivity index (χ3v) is 6.95. The number of fused-ring (bicyclic) bond motifs is 1.